The highest BCUT2D eigenvalue weighted by molar-refractivity contribution is 9.10. The van der Waals surface area contributed by atoms with Crippen LogP contribution in [0.25, 0.3) is 0 Å². The molecule has 19 heavy (non-hydrogen) atoms. The molecule has 100 valence electrons. The Bertz CT molecular complexity index is 597. The lowest BCUT2D eigenvalue weighted by Gasteiger charge is -2.02. The van der Waals surface area contributed by atoms with Gasteiger partial charge in [0.2, 0.25) is 0 Å². The van der Waals surface area contributed by atoms with E-state index in [-0.39, 0.29) is 18.0 Å². The fraction of sp³-hybridized carbons (Fsp3) is 0.231. The summed E-state index contributed by atoms with van der Waals surface area (Å²) in [5.41, 5.74) is 6.40. The van der Waals surface area contributed by atoms with E-state index in [0.29, 0.717) is 28.8 Å². The number of ketones is 1. The molecule has 6 heteroatoms. The largest absolute Gasteiger partial charge is 0.335 e. The molecule has 0 aliphatic heterocycles. The van der Waals surface area contributed by atoms with Gasteiger partial charge in [-0.2, -0.15) is 0 Å². The molecule has 4 nitrogen and oxygen atoms in total. The molecule has 2 aromatic rings. The molecule has 2 N–H and O–H groups in total. The highest BCUT2D eigenvalue weighted by Crippen LogP contribution is 2.19. The number of halogens is 2. The summed E-state index contributed by atoms with van der Waals surface area (Å²) in [6.45, 7) is 1.10. The molecule has 0 unspecified atom stereocenters. The minimum absolute atomic E-state index is 0.109. The second-order valence-corrected chi connectivity index (χ2v) is 4.98. The van der Waals surface area contributed by atoms with Crippen LogP contribution in [0.3, 0.4) is 0 Å². The lowest BCUT2D eigenvalue weighted by molar-refractivity contribution is 0.0988. The van der Waals surface area contributed by atoms with E-state index in [1.807, 2.05) is 0 Å². The number of hydrogen-bond donors (Lipinski definition) is 1. The average molecular weight is 326 g/mol. The standard InChI is InChI=1S/C13H13BrFN3O/c14-11-2-1-10(15)5-9(11)6-13(19)12-7-18(4-3-16)8-17-12/h1-2,5,7-8H,3-4,6,16H2. The summed E-state index contributed by atoms with van der Waals surface area (Å²) in [5.74, 6) is -0.512. The minimum Gasteiger partial charge on any atom is -0.335 e. The van der Waals surface area contributed by atoms with Crippen molar-refractivity contribution in [3.8, 4) is 0 Å². The number of benzene rings is 1. The second-order valence-electron chi connectivity index (χ2n) is 4.12. The fourth-order valence-corrected chi connectivity index (χ4v) is 2.10. The Balaban J connectivity index is 2.13. The molecule has 0 saturated heterocycles. The van der Waals surface area contributed by atoms with Crippen LogP contribution in [-0.2, 0) is 13.0 Å². The number of carbonyl (C=O) groups is 1. The Hall–Kier alpha value is -1.53. The Kier molecular flexibility index (Phi) is 4.44. The summed E-state index contributed by atoms with van der Waals surface area (Å²) < 4.78 is 15.6. The van der Waals surface area contributed by atoms with Crippen molar-refractivity contribution < 1.29 is 9.18 Å². The van der Waals surface area contributed by atoms with E-state index in [1.165, 1.54) is 12.1 Å². The minimum atomic E-state index is -0.361. The van der Waals surface area contributed by atoms with Crippen molar-refractivity contribution in [1.29, 1.82) is 0 Å². The number of nitrogens with two attached hydrogens (primary N) is 1. The normalized spacial score (nSPS) is 10.7. The van der Waals surface area contributed by atoms with Gasteiger partial charge in [-0.1, -0.05) is 15.9 Å². The Morgan fingerprint density at radius 2 is 2.26 bits per heavy atom. The Morgan fingerprint density at radius 3 is 3.00 bits per heavy atom. The lowest BCUT2D eigenvalue weighted by Crippen LogP contribution is -2.08. The van der Waals surface area contributed by atoms with Crippen molar-refractivity contribution in [3.05, 3.63) is 52.3 Å². The monoisotopic (exact) mass is 325 g/mol. The molecular formula is C13H13BrFN3O. The van der Waals surface area contributed by atoms with Crippen molar-refractivity contribution in [1.82, 2.24) is 9.55 Å². The van der Waals surface area contributed by atoms with Crippen LogP contribution in [0.4, 0.5) is 4.39 Å². The van der Waals surface area contributed by atoms with Gasteiger partial charge < -0.3 is 10.3 Å². The third-order valence-electron chi connectivity index (χ3n) is 2.67. The predicted molar refractivity (Wildman–Crippen MR) is 73.4 cm³/mol. The molecule has 1 heterocycles. The predicted octanol–water partition coefficient (Wildman–Crippen LogP) is 2.17. The molecule has 0 aliphatic rings. The molecule has 1 aromatic heterocycles. The summed E-state index contributed by atoms with van der Waals surface area (Å²) in [5, 5.41) is 0. The van der Waals surface area contributed by atoms with Gasteiger partial charge in [-0.15, -0.1) is 0 Å². The summed E-state index contributed by atoms with van der Waals surface area (Å²) in [6, 6.07) is 4.28. The summed E-state index contributed by atoms with van der Waals surface area (Å²) in [7, 11) is 0. The molecule has 0 aliphatic carbocycles. The van der Waals surface area contributed by atoms with Crippen LogP contribution in [-0.4, -0.2) is 21.9 Å². The van der Waals surface area contributed by atoms with E-state index in [0.717, 1.165) is 0 Å². The first-order valence-electron chi connectivity index (χ1n) is 5.79. The van der Waals surface area contributed by atoms with Crippen LogP contribution in [0.15, 0.2) is 35.2 Å². The van der Waals surface area contributed by atoms with Crippen molar-refractivity contribution in [2.75, 3.05) is 6.54 Å². The first-order chi connectivity index (χ1) is 9.10. The second kappa shape index (κ2) is 6.08. The fourth-order valence-electron chi connectivity index (χ4n) is 1.72. The van der Waals surface area contributed by atoms with E-state index < -0.39 is 0 Å². The first-order valence-corrected chi connectivity index (χ1v) is 6.58. The maximum Gasteiger partial charge on any atom is 0.187 e. The molecule has 0 saturated carbocycles. The van der Waals surface area contributed by atoms with Crippen LogP contribution < -0.4 is 5.73 Å². The van der Waals surface area contributed by atoms with Gasteiger partial charge in [-0.05, 0) is 23.8 Å². The first kappa shape index (κ1) is 13.9. The van der Waals surface area contributed by atoms with Crippen molar-refractivity contribution in [3.63, 3.8) is 0 Å². The molecule has 0 atom stereocenters. The van der Waals surface area contributed by atoms with Crippen LogP contribution in [0.5, 0.6) is 0 Å². The van der Waals surface area contributed by atoms with Crippen molar-refractivity contribution >= 4 is 21.7 Å². The number of Topliss-reactive ketones (excluding diaryl/α,β-unsaturated/α-hetero) is 1. The maximum atomic E-state index is 13.1. The maximum absolute atomic E-state index is 13.1. The number of rotatable bonds is 5. The lowest BCUT2D eigenvalue weighted by atomic mass is 10.1. The number of carbonyl (C=O) groups excluding carboxylic acids is 1. The number of imidazole rings is 1. The SMILES string of the molecule is NCCn1cnc(C(=O)Cc2cc(F)ccc2Br)c1. The van der Waals surface area contributed by atoms with Crippen molar-refractivity contribution in [2.45, 2.75) is 13.0 Å². The average Bonchev–Trinajstić information content (AvgIpc) is 2.83. The number of nitrogens with zero attached hydrogens (tertiary/aromatic N) is 2. The molecular weight excluding hydrogens is 313 g/mol. The van der Waals surface area contributed by atoms with Gasteiger partial charge >= 0.3 is 0 Å². The number of aromatic nitrogens is 2. The van der Waals surface area contributed by atoms with Gasteiger partial charge in [0.15, 0.2) is 5.78 Å². The van der Waals surface area contributed by atoms with Crippen molar-refractivity contribution in [2.24, 2.45) is 5.73 Å². The Labute approximate surface area is 118 Å². The van der Waals surface area contributed by atoms with Gasteiger partial charge in [-0.3, -0.25) is 4.79 Å². The van der Waals surface area contributed by atoms with E-state index >= 15 is 0 Å². The zero-order chi connectivity index (χ0) is 13.8. The molecule has 0 amide bonds. The van der Waals surface area contributed by atoms with Gasteiger partial charge in [-0.25, -0.2) is 9.37 Å². The zero-order valence-corrected chi connectivity index (χ0v) is 11.7. The molecule has 2 rings (SSSR count). The van der Waals surface area contributed by atoms with Gasteiger partial charge in [0.25, 0.3) is 0 Å². The van der Waals surface area contributed by atoms with Crippen LogP contribution in [0, 0.1) is 5.82 Å². The van der Waals surface area contributed by atoms with E-state index in [4.69, 9.17) is 5.73 Å². The van der Waals surface area contributed by atoms with Crippen LogP contribution >= 0.6 is 15.9 Å². The third kappa shape index (κ3) is 3.48. The molecule has 1 aromatic carbocycles. The highest BCUT2D eigenvalue weighted by Gasteiger charge is 2.12. The van der Waals surface area contributed by atoms with E-state index in [2.05, 4.69) is 20.9 Å². The quantitative estimate of drug-likeness (QED) is 0.857. The molecule has 0 fully saturated rings. The van der Waals surface area contributed by atoms with Gasteiger partial charge in [0, 0.05) is 30.2 Å². The van der Waals surface area contributed by atoms with Gasteiger partial charge in [0.05, 0.1) is 6.33 Å². The molecule has 0 bridgehead atoms. The number of hydrogen-bond acceptors (Lipinski definition) is 3. The summed E-state index contributed by atoms with van der Waals surface area (Å²) in [6.07, 6.45) is 3.33. The van der Waals surface area contributed by atoms with Crippen LogP contribution in [0.2, 0.25) is 0 Å². The third-order valence-corrected chi connectivity index (χ3v) is 3.44. The summed E-state index contributed by atoms with van der Waals surface area (Å²) in [4.78, 5) is 16.1. The van der Waals surface area contributed by atoms with E-state index in [9.17, 15) is 9.18 Å². The molecule has 0 spiro atoms. The van der Waals surface area contributed by atoms with Gasteiger partial charge in [0.1, 0.15) is 11.5 Å². The smallest absolute Gasteiger partial charge is 0.187 e. The van der Waals surface area contributed by atoms with E-state index in [1.54, 1.807) is 23.2 Å². The van der Waals surface area contributed by atoms with Crippen LogP contribution in [0.1, 0.15) is 16.1 Å². The zero-order valence-electron chi connectivity index (χ0n) is 10.1. The summed E-state index contributed by atoms with van der Waals surface area (Å²) >= 11 is 3.30. The molecule has 0 radical (unpaired) electrons. The topological polar surface area (TPSA) is 60.9 Å². The highest BCUT2D eigenvalue weighted by atomic mass is 79.9. The Morgan fingerprint density at radius 1 is 1.47 bits per heavy atom.